The summed E-state index contributed by atoms with van der Waals surface area (Å²) < 4.78 is 0. The summed E-state index contributed by atoms with van der Waals surface area (Å²) >= 11 is 0. The number of allylic oxidation sites excluding steroid dienone is 2. The van der Waals surface area contributed by atoms with Gasteiger partial charge in [-0.05, 0) is 37.5 Å². The van der Waals surface area contributed by atoms with E-state index in [2.05, 4.69) is 6.07 Å². The smallest absolute Gasteiger partial charge is 0.213 e. The summed E-state index contributed by atoms with van der Waals surface area (Å²) in [7, 11) is 0. The van der Waals surface area contributed by atoms with Crippen molar-refractivity contribution in [2.45, 2.75) is 63.5 Å². The monoisotopic (exact) mass is 307 g/mol. The van der Waals surface area contributed by atoms with Crippen LogP contribution in [0.25, 0.3) is 0 Å². The van der Waals surface area contributed by atoms with Crippen LogP contribution >= 0.6 is 0 Å². The van der Waals surface area contributed by atoms with Gasteiger partial charge in [0, 0.05) is 41.1 Å². The van der Waals surface area contributed by atoms with E-state index in [-0.39, 0.29) is 21.7 Å². The summed E-state index contributed by atoms with van der Waals surface area (Å²) in [5.74, 6) is 0.171. The summed E-state index contributed by atoms with van der Waals surface area (Å²) in [5.41, 5.74) is 0.677. The first-order chi connectivity index (χ1) is 10.5. The molecule has 0 heterocycles. The number of hydrogen-bond acceptors (Lipinski definition) is 5. The Morgan fingerprint density at radius 1 is 1.00 bits per heavy atom. The predicted molar refractivity (Wildman–Crippen MR) is 79.2 cm³/mol. The van der Waals surface area contributed by atoms with Crippen LogP contribution in [0.2, 0.25) is 0 Å². The molecule has 0 N–H and O–H groups in total. The molecule has 0 aromatic heterocycles. The standard InChI is InChI=1S/C15H21N3O4/c16-10-13(12-4-6-14(7-5-12)17(19)20)8-11-2-1-3-15(9-11)18(21)22/h8,11-12,14-15H,1-7,9H2/b13-8-/t11-,12?,14?,15-/m1/s1. The molecular formula is C15H21N3O4. The maximum Gasteiger partial charge on any atom is 0.213 e. The first-order valence-electron chi connectivity index (χ1n) is 7.90. The SMILES string of the molecule is N#C/C(=C/[C@H]1CCC[C@@H]([N+](=O)[O-])C1)C1CCC([N+](=O)[O-])CC1. The Morgan fingerprint density at radius 2 is 1.64 bits per heavy atom. The Labute approximate surface area is 129 Å². The highest BCUT2D eigenvalue weighted by atomic mass is 16.6. The van der Waals surface area contributed by atoms with Gasteiger partial charge >= 0.3 is 0 Å². The van der Waals surface area contributed by atoms with Crippen molar-refractivity contribution in [2.24, 2.45) is 11.8 Å². The largest absolute Gasteiger partial charge is 0.264 e. The minimum Gasteiger partial charge on any atom is -0.264 e. The maximum absolute atomic E-state index is 10.9. The van der Waals surface area contributed by atoms with E-state index < -0.39 is 12.1 Å². The van der Waals surface area contributed by atoms with Crippen LogP contribution in [0.3, 0.4) is 0 Å². The van der Waals surface area contributed by atoms with Crippen molar-refractivity contribution >= 4 is 0 Å². The Balaban J connectivity index is 1.98. The van der Waals surface area contributed by atoms with Gasteiger partial charge in [-0.15, -0.1) is 0 Å². The summed E-state index contributed by atoms with van der Waals surface area (Å²) in [5, 5.41) is 31.1. The third-order valence-electron chi connectivity index (χ3n) is 4.96. The molecule has 0 aliphatic heterocycles. The highest BCUT2D eigenvalue weighted by Gasteiger charge is 2.32. The second kappa shape index (κ2) is 7.34. The van der Waals surface area contributed by atoms with Crippen LogP contribution in [0.1, 0.15) is 51.4 Å². The molecule has 2 aliphatic rings. The molecule has 2 fully saturated rings. The van der Waals surface area contributed by atoms with Gasteiger partial charge in [0.15, 0.2) is 0 Å². The van der Waals surface area contributed by atoms with Crippen molar-refractivity contribution in [2.75, 3.05) is 0 Å². The molecule has 0 radical (unpaired) electrons. The maximum atomic E-state index is 10.9. The fourth-order valence-corrected chi connectivity index (χ4v) is 3.66. The second-order valence-electron chi connectivity index (χ2n) is 6.39. The molecule has 2 saturated carbocycles. The van der Waals surface area contributed by atoms with Gasteiger partial charge in [0.25, 0.3) is 0 Å². The first kappa shape index (κ1) is 16.4. The van der Waals surface area contributed by atoms with Gasteiger partial charge in [0.2, 0.25) is 12.1 Å². The molecule has 7 heteroatoms. The van der Waals surface area contributed by atoms with E-state index in [1.807, 2.05) is 6.08 Å². The van der Waals surface area contributed by atoms with Crippen LogP contribution in [-0.2, 0) is 0 Å². The highest BCUT2D eigenvalue weighted by molar-refractivity contribution is 5.25. The highest BCUT2D eigenvalue weighted by Crippen LogP contribution is 2.34. The molecule has 7 nitrogen and oxygen atoms in total. The Morgan fingerprint density at radius 3 is 2.18 bits per heavy atom. The van der Waals surface area contributed by atoms with Gasteiger partial charge < -0.3 is 0 Å². The molecule has 0 aromatic rings. The normalized spacial score (nSPS) is 33.0. The van der Waals surface area contributed by atoms with Crippen LogP contribution in [0.5, 0.6) is 0 Å². The van der Waals surface area contributed by atoms with Crippen LogP contribution < -0.4 is 0 Å². The lowest BCUT2D eigenvalue weighted by molar-refractivity contribution is -0.527. The van der Waals surface area contributed by atoms with Crippen LogP contribution in [0.15, 0.2) is 11.6 Å². The molecule has 0 amide bonds. The van der Waals surface area contributed by atoms with E-state index in [0.29, 0.717) is 44.1 Å². The van der Waals surface area contributed by atoms with Gasteiger partial charge in [0.1, 0.15) is 0 Å². The topological polar surface area (TPSA) is 110 Å². The molecule has 22 heavy (non-hydrogen) atoms. The molecule has 0 unspecified atom stereocenters. The molecule has 2 aliphatic carbocycles. The Hall–Kier alpha value is -1.97. The van der Waals surface area contributed by atoms with E-state index in [1.165, 1.54) is 0 Å². The minimum absolute atomic E-state index is 0.0807. The molecule has 2 rings (SSSR count). The van der Waals surface area contributed by atoms with Crippen molar-refractivity contribution in [1.29, 1.82) is 5.26 Å². The van der Waals surface area contributed by atoms with E-state index in [9.17, 15) is 25.5 Å². The minimum atomic E-state index is -0.500. The van der Waals surface area contributed by atoms with Gasteiger partial charge in [-0.1, -0.05) is 6.08 Å². The summed E-state index contributed by atoms with van der Waals surface area (Å²) in [4.78, 5) is 21.3. The number of nitro groups is 2. The lowest BCUT2D eigenvalue weighted by Crippen LogP contribution is -2.28. The zero-order chi connectivity index (χ0) is 16.1. The summed E-state index contributed by atoms with van der Waals surface area (Å²) in [6.45, 7) is 0. The third kappa shape index (κ3) is 4.03. The zero-order valence-electron chi connectivity index (χ0n) is 12.5. The number of hydrogen-bond donors (Lipinski definition) is 0. The number of rotatable bonds is 4. The first-order valence-corrected chi connectivity index (χ1v) is 7.90. The van der Waals surface area contributed by atoms with Crippen LogP contribution in [0.4, 0.5) is 0 Å². The molecule has 2 atom stereocenters. The second-order valence-corrected chi connectivity index (χ2v) is 6.39. The Kier molecular flexibility index (Phi) is 5.47. The zero-order valence-corrected chi connectivity index (χ0v) is 12.5. The summed E-state index contributed by atoms with van der Waals surface area (Å²) in [6.07, 6.45) is 7.09. The van der Waals surface area contributed by atoms with Gasteiger partial charge in [-0.25, -0.2) is 0 Å². The van der Waals surface area contributed by atoms with E-state index in [1.54, 1.807) is 0 Å². The van der Waals surface area contributed by atoms with Crippen LogP contribution in [-0.4, -0.2) is 21.9 Å². The Bertz CT molecular complexity index is 503. The van der Waals surface area contributed by atoms with Crippen molar-refractivity contribution in [3.05, 3.63) is 31.9 Å². The average Bonchev–Trinajstić information content (AvgIpc) is 2.53. The van der Waals surface area contributed by atoms with Gasteiger partial charge in [-0.3, -0.25) is 20.2 Å². The fourth-order valence-electron chi connectivity index (χ4n) is 3.66. The summed E-state index contributed by atoms with van der Waals surface area (Å²) in [6, 6.07) is 1.25. The van der Waals surface area contributed by atoms with E-state index in [4.69, 9.17) is 0 Å². The van der Waals surface area contributed by atoms with Crippen molar-refractivity contribution in [3.8, 4) is 6.07 Å². The average molecular weight is 307 g/mol. The molecule has 120 valence electrons. The molecular weight excluding hydrogens is 286 g/mol. The van der Waals surface area contributed by atoms with Crippen molar-refractivity contribution in [3.63, 3.8) is 0 Å². The quantitative estimate of drug-likeness (QED) is 0.450. The number of nitrogens with zero attached hydrogens (tertiary/aromatic N) is 3. The molecule has 0 saturated heterocycles. The molecule has 0 bridgehead atoms. The van der Waals surface area contributed by atoms with E-state index >= 15 is 0 Å². The van der Waals surface area contributed by atoms with Crippen molar-refractivity contribution < 1.29 is 9.85 Å². The molecule has 0 spiro atoms. The third-order valence-corrected chi connectivity index (χ3v) is 4.96. The van der Waals surface area contributed by atoms with Gasteiger partial charge in [-0.2, -0.15) is 5.26 Å². The number of nitriles is 1. The van der Waals surface area contributed by atoms with Gasteiger partial charge in [0.05, 0.1) is 6.07 Å². The van der Waals surface area contributed by atoms with Crippen molar-refractivity contribution in [1.82, 2.24) is 0 Å². The predicted octanol–water partition coefficient (Wildman–Crippen LogP) is 3.11. The molecule has 0 aromatic carbocycles. The fraction of sp³-hybridized carbons (Fsp3) is 0.800. The van der Waals surface area contributed by atoms with Crippen LogP contribution in [0, 0.1) is 43.4 Å². The lowest BCUT2D eigenvalue weighted by Gasteiger charge is -2.26. The lowest BCUT2D eigenvalue weighted by atomic mass is 9.78. The van der Waals surface area contributed by atoms with E-state index in [0.717, 1.165) is 12.8 Å².